The zero-order valence-electron chi connectivity index (χ0n) is 14.6. The molecule has 0 fully saturated rings. The van der Waals surface area contributed by atoms with Crippen molar-refractivity contribution in [3.63, 3.8) is 0 Å². The molecule has 0 bridgehead atoms. The number of ether oxygens (including phenoxy) is 2. The predicted octanol–water partition coefficient (Wildman–Crippen LogP) is 4.43. The Hall–Kier alpha value is -2.69. The van der Waals surface area contributed by atoms with Gasteiger partial charge in [0.05, 0.1) is 19.9 Å². The molecule has 0 unspecified atom stereocenters. The Kier molecular flexibility index (Phi) is 6.07. The van der Waals surface area contributed by atoms with Crippen molar-refractivity contribution in [3.8, 4) is 11.5 Å². The Morgan fingerprint density at radius 2 is 1.67 bits per heavy atom. The van der Waals surface area contributed by atoms with E-state index < -0.39 is 0 Å². The first-order valence-electron chi connectivity index (χ1n) is 7.90. The Balaban J connectivity index is 2.07. The molecule has 5 heteroatoms. The maximum atomic E-state index is 11.8. The van der Waals surface area contributed by atoms with Gasteiger partial charge in [-0.2, -0.15) is 0 Å². The van der Waals surface area contributed by atoms with Crippen molar-refractivity contribution in [1.29, 1.82) is 0 Å². The van der Waals surface area contributed by atoms with Crippen LogP contribution in [0.4, 0.5) is 17.1 Å². The number of nitrogens with one attached hydrogen (secondary N) is 2. The van der Waals surface area contributed by atoms with Crippen molar-refractivity contribution in [3.05, 3.63) is 42.5 Å². The van der Waals surface area contributed by atoms with Gasteiger partial charge in [0.2, 0.25) is 5.91 Å². The van der Waals surface area contributed by atoms with E-state index in [-0.39, 0.29) is 5.91 Å². The highest BCUT2D eigenvalue weighted by Gasteiger charge is 2.07. The van der Waals surface area contributed by atoms with Crippen LogP contribution in [0.3, 0.4) is 0 Å². The number of amides is 1. The van der Waals surface area contributed by atoms with Crippen LogP contribution >= 0.6 is 0 Å². The van der Waals surface area contributed by atoms with E-state index in [1.54, 1.807) is 14.2 Å². The second-order valence-corrected chi connectivity index (χ2v) is 5.91. The van der Waals surface area contributed by atoms with Crippen LogP contribution in [0, 0.1) is 5.92 Å². The van der Waals surface area contributed by atoms with E-state index in [0.29, 0.717) is 12.3 Å². The molecule has 0 radical (unpaired) electrons. The van der Waals surface area contributed by atoms with Crippen LogP contribution in [0.25, 0.3) is 0 Å². The number of anilines is 3. The van der Waals surface area contributed by atoms with Crippen LogP contribution < -0.4 is 20.1 Å². The molecule has 0 aliphatic heterocycles. The average Bonchev–Trinajstić information content (AvgIpc) is 2.55. The maximum absolute atomic E-state index is 11.8. The minimum atomic E-state index is 0.0279. The Bertz CT molecular complexity index is 682. The molecule has 128 valence electrons. The van der Waals surface area contributed by atoms with Crippen LogP contribution in [0.5, 0.6) is 11.5 Å². The summed E-state index contributed by atoms with van der Waals surface area (Å²) in [5.41, 5.74) is 2.49. The number of methoxy groups -OCH3 is 2. The van der Waals surface area contributed by atoms with Crippen molar-refractivity contribution < 1.29 is 14.3 Å². The van der Waals surface area contributed by atoms with E-state index in [1.165, 1.54) is 0 Å². The number of carbonyl (C=O) groups excluding carboxylic acids is 1. The van der Waals surface area contributed by atoms with E-state index >= 15 is 0 Å². The number of hydrogen-bond donors (Lipinski definition) is 2. The normalized spacial score (nSPS) is 10.4. The zero-order valence-corrected chi connectivity index (χ0v) is 14.6. The van der Waals surface area contributed by atoms with Crippen LogP contribution in [0.15, 0.2) is 42.5 Å². The molecule has 2 aromatic rings. The summed E-state index contributed by atoms with van der Waals surface area (Å²) in [5.74, 6) is 1.84. The SMILES string of the molecule is COc1ccc(OC)c(Nc2ccc(NC(=O)CC(C)C)cc2)c1. The molecule has 0 spiro atoms. The topological polar surface area (TPSA) is 59.6 Å². The fraction of sp³-hybridized carbons (Fsp3) is 0.316. The first-order valence-corrected chi connectivity index (χ1v) is 7.90. The first kappa shape index (κ1) is 17.7. The molecule has 2 N–H and O–H groups in total. The van der Waals surface area contributed by atoms with Gasteiger partial charge in [0.25, 0.3) is 0 Å². The van der Waals surface area contributed by atoms with Gasteiger partial charge in [-0.15, -0.1) is 0 Å². The molecule has 0 atom stereocenters. The third-order valence-electron chi connectivity index (χ3n) is 3.45. The fourth-order valence-corrected chi connectivity index (χ4v) is 2.29. The summed E-state index contributed by atoms with van der Waals surface area (Å²) < 4.78 is 10.6. The molecule has 0 aliphatic rings. The van der Waals surface area contributed by atoms with E-state index in [0.717, 1.165) is 28.6 Å². The molecule has 0 aromatic heterocycles. The molecular formula is C19H24N2O3. The van der Waals surface area contributed by atoms with Gasteiger partial charge in [0.1, 0.15) is 11.5 Å². The smallest absolute Gasteiger partial charge is 0.224 e. The summed E-state index contributed by atoms with van der Waals surface area (Å²) in [6, 6.07) is 13.1. The Labute approximate surface area is 143 Å². The average molecular weight is 328 g/mol. The van der Waals surface area contributed by atoms with Crippen molar-refractivity contribution in [1.82, 2.24) is 0 Å². The van der Waals surface area contributed by atoms with E-state index in [4.69, 9.17) is 9.47 Å². The summed E-state index contributed by atoms with van der Waals surface area (Å²) in [5, 5.41) is 6.19. The molecule has 0 saturated heterocycles. The Morgan fingerprint density at radius 3 is 2.25 bits per heavy atom. The minimum Gasteiger partial charge on any atom is -0.497 e. The highest BCUT2D eigenvalue weighted by molar-refractivity contribution is 5.91. The summed E-state index contributed by atoms with van der Waals surface area (Å²) in [7, 11) is 3.25. The number of carbonyl (C=O) groups is 1. The van der Waals surface area contributed by atoms with Gasteiger partial charge in [-0.25, -0.2) is 0 Å². The van der Waals surface area contributed by atoms with Gasteiger partial charge in [0, 0.05) is 23.9 Å². The van der Waals surface area contributed by atoms with Crippen LogP contribution in [-0.2, 0) is 4.79 Å². The lowest BCUT2D eigenvalue weighted by atomic mass is 10.1. The highest BCUT2D eigenvalue weighted by atomic mass is 16.5. The number of hydrogen-bond acceptors (Lipinski definition) is 4. The van der Waals surface area contributed by atoms with E-state index in [1.807, 2.05) is 56.3 Å². The molecule has 1 amide bonds. The van der Waals surface area contributed by atoms with E-state index in [9.17, 15) is 4.79 Å². The van der Waals surface area contributed by atoms with Crippen LogP contribution in [0.2, 0.25) is 0 Å². The fourth-order valence-electron chi connectivity index (χ4n) is 2.29. The lowest BCUT2D eigenvalue weighted by molar-refractivity contribution is -0.116. The standard InChI is InChI=1S/C19H24N2O3/c1-13(2)11-19(22)21-15-7-5-14(6-8-15)20-17-12-16(23-3)9-10-18(17)24-4/h5-10,12-13,20H,11H2,1-4H3,(H,21,22). The lowest BCUT2D eigenvalue weighted by Crippen LogP contribution is -2.13. The van der Waals surface area contributed by atoms with Crippen molar-refractivity contribution >= 4 is 23.0 Å². The second-order valence-electron chi connectivity index (χ2n) is 5.91. The van der Waals surface area contributed by atoms with E-state index in [2.05, 4.69) is 10.6 Å². The van der Waals surface area contributed by atoms with Crippen molar-refractivity contribution in [2.45, 2.75) is 20.3 Å². The van der Waals surface area contributed by atoms with Gasteiger partial charge >= 0.3 is 0 Å². The summed E-state index contributed by atoms with van der Waals surface area (Å²) in [6.45, 7) is 4.04. The lowest BCUT2D eigenvalue weighted by Gasteiger charge is -2.13. The predicted molar refractivity (Wildman–Crippen MR) is 97.4 cm³/mol. The molecule has 0 aliphatic carbocycles. The molecule has 0 saturated carbocycles. The zero-order chi connectivity index (χ0) is 17.5. The molecule has 24 heavy (non-hydrogen) atoms. The molecule has 5 nitrogen and oxygen atoms in total. The highest BCUT2D eigenvalue weighted by Crippen LogP contribution is 2.31. The number of rotatable bonds is 7. The third-order valence-corrected chi connectivity index (χ3v) is 3.45. The van der Waals surface area contributed by atoms with Crippen molar-refractivity contribution in [2.24, 2.45) is 5.92 Å². The molecular weight excluding hydrogens is 304 g/mol. The molecule has 2 rings (SSSR count). The first-order chi connectivity index (χ1) is 11.5. The molecule has 2 aromatic carbocycles. The third kappa shape index (κ3) is 4.91. The van der Waals surface area contributed by atoms with Gasteiger partial charge in [-0.05, 0) is 42.3 Å². The van der Waals surface area contributed by atoms with Gasteiger partial charge in [0.15, 0.2) is 0 Å². The van der Waals surface area contributed by atoms with Gasteiger partial charge in [-0.1, -0.05) is 13.8 Å². The maximum Gasteiger partial charge on any atom is 0.224 e. The van der Waals surface area contributed by atoms with Crippen LogP contribution in [0.1, 0.15) is 20.3 Å². The molecule has 0 heterocycles. The largest absolute Gasteiger partial charge is 0.497 e. The Morgan fingerprint density at radius 1 is 1.00 bits per heavy atom. The second kappa shape index (κ2) is 8.24. The summed E-state index contributed by atoms with van der Waals surface area (Å²) in [4.78, 5) is 11.8. The summed E-state index contributed by atoms with van der Waals surface area (Å²) >= 11 is 0. The van der Waals surface area contributed by atoms with Crippen molar-refractivity contribution in [2.75, 3.05) is 24.9 Å². The monoisotopic (exact) mass is 328 g/mol. The van der Waals surface area contributed by atoms with Gasteiger partial charge < -0.3 is 20.1 Å². The quantitative estimate of drug-likeness (QED) is 0.789. The van der Waals surface area contributed by atoms with Gasteiger partial charge in [-0.3, -0.25) is 4.79 Å². The summed E-state index contributed by atoms with van der Waals surface area (Å²) in [6.07, 6.45) is 0.515. The van der Waals surface area contributed by atoms with Crippen LogP contribution in [-0.4, -0.2) is 20.1 Å². The minimum absolute atomic E-state index is 0.0279. The number of benzene rings is 2.